The first kappa shape index (κ1) is 18.1. The predicted octanol–water partition coefficient (Wildman–Crippen LogP) is 4.33. The number of rotatable bonds is 5. The Bertz CT molecular complexity index is 804. The van der Waals surface area contributed by atoms with E-state index in [1.807, 2.05) is 24.3 Å². The Balaban J connectivity index is 1.72. The summed E-state index contributed by atoms with van der Waals surface area (Å²) in [6.07, 6.45) is 1.14. The molecule has 0 bridgehead atoms. The van der Waals surface area contributed by atoms with Crippen molar-refractivity contribution in [1.82, 2.24) is 0 Å². The molecule has 0 aliphatic carbocycles. The number of para-hydroxylation sites is 1. The molecule has 2 aromatic carbocycles. The number of nitrogens with one attached hydrogen (secondary N) is 1. The van der Waals surface area contributed by atoms with Crippen LogP contribution >= 0.6 is 0 Å². The van der Waals surface area contributed by atoms with E-state index in [1.165, 1.54) is 12.1 Å². The molecule has 1 N–H and O–H groups in total. The molecular weight excluding hydrogens is 331 g/mol. The zero-order valence-corrected chi connectivity index (χ0v) is 15.0. The van der Waals surface area contributed by atoms with Gasteiger partial charge in [-0.3, -0.25) is 9.59 Å². The standard InChI is InChI=1S/C21H23FN2O2/c1-3-14(2)18-6-4-5-7-19(18)23-21(26)15-12-20(25)24(13-15)17-10-8-16(22)9-11-17/h4-11,14-15H,3,12-13H2,1-2H3,(H,23,26)/t14-,15+/m1/s1. The Kier molecular flexibility index (Phi) is 5.35. The molecule has 0 saturated carbocycles. The van der Waals surface area contributed by atoms with Gasteiger partial charge < -0.3 is 10.2 Å². The average molecular weight is 354 g/mol. The molecule has 2 aromatic rings. The Morgan fingerprint density at radius 2 is 1.92 bits per heavy atom. The van der Waals surface area contributed by atoms with E-state index in [-0.39, 0.29) is 24.1 Å². The summed E-state index contributed by atoms with van der Waals surface area (Å²) in [6, 6.07) is 13.5. The maximum atomic E-state index is 13.1. The SMILES string of the molecule is CC[C@@H](C)c1ccccc1NC(=O)[C@H]1CC(=O)N(c2ccc(F)cc2)C1. The molecule has 3 rings (SSSR count). The molecular formula is C21H23FN2O2. The van der Waals surface area contributed by atoms with Crippen molar-refractivity contribution in [2.24, 2.45) is 5.92 Å². The number of carbonyl (C=O) groups is 2. The molecule has 0 spiro atoms. The van der Waals surface area contributed by atoms with Crippen LogP contribution in [0.1, 0.15) is 38.2 Å². The highest BCUT2D eigenvalue weighted by Crippen LogP contribution is 2.29. The van der Waals surface area contributed by atoms with Crippen molar-refractivity contribution < 1.29 is 14.0 Å². The number of benzene rings is 2. The molecule has 1 aliphatic heterocycles. The average Bonchev–Trinajstić information content (AvgIpc) is 3.04. The first-order valence-corrected chi connectivity index (χ1v) is 8.95. The van der Waals surface area contributed by atoms with Crippen molar-refractivity contribution >= 4 is 23.2 Å². The van der Waals surface area contributed by atoms with Crippen LogP contribution in [0.3, 0.4) is 0 Å². The monoisotopic (exact) mass is 354 g/mol. The first-order valence-electron chi connectivity index (χ1n) is 8.95. The molecule has 0 aromatic heterocycles. The molecule has 0 radical (unpaired) electrons. The molecule has 2 atom stereocenters. The lowest BCUT2D eigenvalue weighted by molar-refractivity contribution is -0.122. The Labute approximate surface area is 153 Å². The summed E-state index contributed by atoms with van der Waals surface area (Å²) >= 11 is 0. The molecule has 26 heavy (non-hydrogen) atoms. The van der Waals surface area contributed by atoms with E-state index in [2.05, 4.69) is 19.2 Å². The van der Waals surface area contributed by atoms with Gasteiger partial charge in [-0.2, -0.15) is 0 Å². The number of halogens is 1. The van der Waals surface area contributed by atoms with E-state index in [4.69, 9.17) is 0 Å². The van der Waals surface area contributed by atoms with Crippen LogP contribution in [0.25, 0.3) is 0 Å². The molecule has 0 unspecified atom stereocenters. The Hall–Kier alpha value is -2.69. The zero-order valence-electron chi connectivity index (χ0n) is 15.0. The lowest BCUT2D eigenvalue weighted by Gasteiger charge is -2.18. The van der Waals surface area contributed by atoms with E-state index in [0.29, 0.717) is 18.2 Å². The van der Waals surface area contributed by atoms with Crippen LogP contribution in [-0.4, -0.2) is 18.4 Å². The quantitative estimate of drug-likeness (QED) is 0.869. The van der Waals surface area contributed by atoms with Crippen molar-refractivity contribution in [2.75, 3.05) is 16.8 Å². The van der Waals surface area contributed by atoms with Crippen molar-refractivity contribution in [3.63, 3.8) is 0 Å². The molecule has 1 aliphatic rings. The molecule has 136 valence electrons. The highest BCUT2D eigenvalue weighted by molar-refractivity contribution is 6.03. The van der Waals surface area contributed by atoms with Gasteiger partial charge in [-0.15, -0.1) is 0 Å². The van der Waals surface area contributed by atoms with Crippen LogP contribution in [0.4, 0.5) is 15.8 Å². The highest BCUT2D eigenvalue weighted by Gasteiger charge is 2.35. The maximum absolute atomic E-state index is 13.1. The van der Waals surface area contributed by atoms with Crippen LogP contribution in [0.5, 0.6) is 0 Å². The number of nitrogens with zero attached hydrogens (tertiary/aromatic N) is 1. The van der Waals surface area contributed by atoms with Crippen LogP contribution in [0.2, 0.25) is 0 Å². The lowest BCUT2D eigenvalue weighted by atomic mass is 9.96. The molecule has 1 heterocycles. The Morgan fingerprint density at radius 3 is 2.62 bits per heavy atom. The van der Waals surface area contributed by atoms with E-state index >= 15 is 0 Å². The summed E-state index contributed by atoms with van der Waals surface area (Å²) in [5.74, 6) is -0.702. The molecule has 4 nitrogen and oxygen atoms in total. The largest absolute Gasteiger partial charge is 0.326 e. The van der Waals surface area contributed by atoms with Gasteiger partial charge >= 0.3 is 0 Å². The smallest absolute Gasteiger partial charge is 0.229 e. The van der Waals surface area contributed by atoms with Gasteiger partial charge in [-0.05, 0) is 48.2 Å². The second-order valence-corrected chi connectivity index (χ2v) is 6.77. The second-order valence-electron chi connectivity index (χ2n) is 6.77. The zero-order chi connectivity index (χ0) is 18.7. The third-order valence-electron chi connectivity index (χ3n) is 5.00. The Morgan fingerprint density at radius 1 is 1.23 bits per heavy atom. The van der Waals surface area contributed by atoms with Gasteiger partial charge in [0.15, 0.2) is 0 Å². The molecule has 1 fully saturated rings. The predicted molar refractivity (Wildman–Crippen MR) is 101 cm³/mol. The third-order valence-corrected chi connectivity index (χ3v) is 5.00. The van der Waals surface area contributed by atoms with Gasteiger partial charge in [0.2, 0.25) is 11.8 Å². The topological polar surface area (TPSA) is 49.4 Å². The van der Waals surface area contributed by atoms with Gasteiger partial charge in [-0.25, -0.2) is 4.39 Å². The lowest BCUT2D eigenvalue weighted by Crippen LogP contribution is -2.28. The molecule has 1 saturated heterocycles. The van der Waals surface area contributed by atoms with Crippen molar-refractivity contribution in [1.29, 1.82) is 0 Å². The van der Waals surface area contributed by atoms with Crippen LogP contribution in [0, 0.1) is 11.7 Å². The second kappa shape index (κ2) is 7.68. The van der Waals surface area contributed by atoms with E-state index < -0.39 is 5.92 Å². The van der Waals surface area contributed by atoms with Gasteiger partial charge in [0.05, 0.1) is 5.92 Å². The number of hydrogen-bond acceptors (Lipinski definition) is 2. The van der Waals surface area contributed by atoms with Gasteiger partial charge in [-0.1, -0.05) is 32.0 Å². The third kappa shape index (κ3) is 3.77. The van der Waals surface area contributed by atoms with Crippen molar-refractivity contribution in [3.8, 4) is 0 Å². The number of carbonyl (C=O) groups excluding carboxylic acids is 2. The van der Waals surface area contributed by atoms with Crippen molar-refractivity contribution in [2.45, 2.75) is 32.6 Å². The normalized spacial score (nSPS) is 18.0. The maximum Gasteiger partial charge on any atom is 0.229 e. The summed E-state index contributed by atoms with van der Waals surface area (Å²) in [5, 5.41) is 2.99. The first-order chi connectivity index (χ1) is 12.5. The van der Waals surface area contributed by atoms with E-state index in [9.17, 15) is 14.0 Å². The fourth-order valence-corrected chi connectivity index (χ4v) is 3.25. The minimum absolute atomic E-state index is 0.119. The summed E-state index contributed by atoms with van der Waals surface area (Å²) in [4.78, 5) is 26.6. The van der Waals surface area contributed by atoms with E-state index in [1.54, 1.807) is 17.0 Å². The highest BCUT2D eigenvalue weighted by atomic mass is 19.1. The molecule has 2 amide bonds. The number of hydrogen-bond donors (Lipinski definition) is 1. The minimum atomic E-state index is -0.419. The fourth-order valence-electron chi connectivity index (χ4n) is 3.25. The molecule has 5 heteroatoms. The van der Waals surface area contributed by atoms with Gasteiger partial charge in [0.25, 0.3) is 0 Å². The van der Waals surface area contributed by atoms with Gasteiger partial charge in [0, 0.05) is 24.3 Å². The number of anilines is 2. The van der Waals surface area contributed by atoms with Crippen LogP contribution < -0.4 is 10.2 Å². The summed E-state index contributed by atoms with van der Waals surface area (Å²) in [7, 11) is 0. The van der Waals surface area contributed by atoms with E-state index in [0.717, 1.165) is 17.7 Å². The van der Waals surface area contributed by atoms with Crippen molar-refractivity contribution in [3.05, 3.63) is 59.9 Å². The minimum Gasteiger partial charge on any atom is -0.326 e. The van der Waals surface area contributed by atoms with Crippen LogP contribution in [-0.2, 0) is 9.59 Å². The summed E-state index contributed by atoms with van der Waals surface area (Å²) < 4.78 is 13.1. The van der Waals surface area contributed by atoms with Crippen LogP contribution in [0.15, 0.2) is 48.5 Å². The van der Waals surface area contributed by atoms with Gasteiger partial charge in [0.1, 0.15) is 5.82 Å². The summed E-state index contributed by atoms with van der Waals surface area (Å²) in [5.41, 5.74) is 2.52. The number of amides is 2. The fraction of sp³-hybridized carbons (Fsp3) is 0.333. The summed E-state index contributed by atoms with van der Waals surface area (Å²) in [6.45, 7) is 4.54.